The predicted molar refractivity (Wildman–Crippen MR) is 87.3 cm³/mol. The standard InChI is InChI=1S/C17H19NO8/c19-7-11-13(21)14(22)15(16(25-11)17(23)24)26-12(20)5-8-6-18-10-4-2-1-3-9(8)10/h1-4,6,11,13-16,18-19,21-22H,5,7H2,(H,23,24)/t11-,13-,14+,15-,16?/m1/s1. The van der Waals surface area contributed by atoms with Crippen molar-refractivity contribution in [2.75, 3.05) is 6.61 Å². The molecule has 1 fully saturated rings. The molecule has 26 heavy (non-hydrogen) atoms. The molecule has 0 saturated carbocycles. The van der Waals surface area contributed by atoms with Crippen molar-refractivity contribution >= 4 is 22.8 Å². The van der Waals surface area contributed by atoms with E-state index in [0.29, 0.717) is 5.56 Å². The number of hydrogen-bond donors (Lipinski definition) is 5. The SMILES string of the molecule is O=C(Cc1c[nH]c2ccccc12)O[C@H]1C(C(=O)O)O[C@H](CO)[C@@H](O)[C@@H]1O. The van der Waals surface area contributed by atoms with Crippen LogP contribution in [-0.4, -0.2) is 74.5 Å². The van der Waals surface area contributed by atoms with Crippen molar-refractivity contribution in [3.63, 3.8) is 0 Å². The van der Waals surface area contributed by atoms with E-state index < -0.39 is 49.1 Å². The van der Waals surface area contributed by atoms with Gasteiger partial charge in [0.05, 0.1) is 13.0 Å². The van der Waals surface area contributed by atoms with Crippen LogP contribution >= 0.6 is 0 Å². The fourth-order valence-corrected chi connectivity index (χ4v) is 3.05. The van der Waals surface area contributed by atoms with Gasteiger partial charge in [0.1, 0.15) is 18.3 Å². The number of carbonyl (C=O) groups is 2. The fraction of sp³-hybridized carbons (Fsp3) is 0.412. The van der Waals surface area contributed by atoms with Crippen LogP contribution < -0.4 is 0 Å². The molecule has 1 aliphatic rings. The van der Waals surface area contributed by atoms with E-state index >= 15 is 0 Å². The van der Waals surface area contributed by atoms with Gasteiger partial charge in [0.25, 0.3) is 0 Å². The number of hydrogen-bond acceptors (Lipinski definition) is 7. The minimum absolute atomic E-state index is 0.154. The van der Waals surface area contributed by atoms with Crippen LogP contribution in [0.15, 0.2) is 30.5 Å². The van der Waals surface area contributed by atoms with E-state index in [1.54, 1.807) is 6.20 Å². The average molecular weight is 365 g/mol. The molecule has 1 aromatic heterocycles. The minimum atomic E-state index is -1.70. The highest BCUT2D eigenvalue weighted by Gasteiger charge is 2.49. The van der Waals surface area contributed by atoms with Gasteiger partial charge in [-0.25, -0.2) is 4.79 Å². The Morgan fingerprint density at radius 2 is 1.92 bits per heavy atom. The number of para-hydroxylation sites is 1. The van der Waals surface area contributed by atoms with Crippen molar-refractivity contribution in [3.05, 3.63) is 36.0 Å². The van der Waals surface area contributed by atoms with E-state index in [9.17, 15) is 24.9 Å². The number of ether oxygens (including phenoxy) is 2. The van der Waals surface area contributed by atoms with Gasteiger partial charge in [0, 0.05) is 17.1 Å². The topological polar surface area (TPSA) is 149 Å². The number of rotatable bonds is 5. The second-order valence-electron chi connectivity index (χ2n) is 6.09. The Labute approximate surface area is 147 Å². The van der Waals surface area contributed by atoms with Gasteiger partial charge in [-0.2, -0.15) is 0 Å². The predicted octanol–water partition coefficient (Wildman–Crippen LogP) is -0.812. The number of carboxylic acids is 1. The molecule has 0 amide bonds. The fourth-order valence-electron chi connectivity index (χ4n) is 3.05. The van der Waals surface area contributed by atoms with Crippen LogP contribution in [0.1, 0.15) is 5.56 Å². The Balaban J connectivity index is 1.75. The highest BCUT2D eigenvalue weighted by molar-refractivity contribution is 5.87. The Morgan fingerprint density at radius 3 is 2.62 bits per heavy atom. The number of H-pyrrole nitrogens is 1. The second-order valence-corrected chi connectivity index (χ2v) is 6.09. The molecule has 5 atom stereocenters. The van der Waals surface area contributed by atoms with E-state index in [0.717, 1.165) is 10.9 Å². The Morgan fingerprint density at radius 1 is 1.19 bits per heavy atom. The van der Waals surface area contributed by atoms with Crippen molar-refractivity contribution in [1.82, 2.24) is 4.98 Å². The molecule has 0 spiro atoms. The number of fused-ring (bicyclic) bond motifs is 1. The van der Waals surface area contributed by atoms with Gasteiger partial charge in [-0.15, -0.1) is 0 Å². The monoisotopic (exact) mass is 365 g/mol. The third-order valence-electron chi connectivity index (χ3n) is 4.39. The van der Waals surface area contributed by atoms with Gasteiger partial charge in [-0.3, -0.25) is 4.79 Å². The molecule has 1 aliphatic heterocycles. The zero-order valence-electron chi connectivity index (χ0n) is 13.6. The van der Waals surface area contributed by atoms with Gasteiger partial charge in [0.15, 0.2) is 12.2 Å². The third-order valence-corrected chi connectivity index (χ3v) is 4.39. The number of esters is 1. The van der Waals surface area contributed by atoms with E-state index in [4.69, 9.17) is 14.6 Å². The number of aliphatic hydroxyl groups is 3. The molecule has 0 radical (unpaired) electrons. The zero-order chi connectivity index (χ0) is 18.8. The first-order valence-corrected chi connectivity index (χ1v) is 8.02. The summed E-state index contributed by atoms with van der Waals surface area (Å²) in [5.41, 5.74) is 1.48. The van der Waals surface area contributed by atoms with Gasteiger partial charge in [-0.1, -0.05) is 18.2 Å². The van der Waals surface area contributed by atoms with Crippen LogP contribution in [0, 0.1) is 0 Å². The summed E-state index contributed by atoms with van der Waals surface area (Å²) in [4.78, 5) is 26.6. The number of nitrogens with one attached hydrogen (secondary N) is 1. The maximum absolute atomic E-state index is 12.3. The number of carboxylic acid groups (broad SMARTS) is 1. The Bertz CT molecular complexity index is 803. The quantitative estimate of drug-likeness (QED) is 0.432. The summed E-state index contributed by atoms with van der Waals surface area (Å²) in [5.74, 6) is -2.25. The van der Waals surface area contributed by atoms with E-state index in [1.807, 2.05) is 24.3 Å². The van der Waals surface area contributed by atoms with Crippen LogP contribution in [0.3, 0.4) is 0 Å². The Hall–Kier alpha value is -2.46. The van der Waals surface area contributed by atoms with Crippen molar-refractivity contribution in [2.24, 2.45) is 0 Å². The van der Waals surface area contributed by atoms with E-state index in [2.05, 4.69) is 4.98 Å². The van der Waals surface area contributed by atoms with E-state index in [1.165, 1.54) is 0 Å². The summed E-state index contributed by atoms with van der Waals surface area (Å²) in [6, 6.07) is 7.32. The lowest BCUT2D eigenvalue weighted by Crippen LogP contribution is -2.61. The number of aliphatic hydroxyl groups excluding tert-OH is 3. The van der Waals surface area contributed by atoms with Crippen molar-refractivity contribution in [1.29, 1.82) is 0 Å². The van der Waals surface area contributed by atoms with Crippen LogP contribution in [0.2, 0.25) is 0 Å². The largest absolute Gasteiger partial charge is 0.479 e. The summed E-state index contributed by atoms with van der Waals surface area (Å²) in [6.07, 6.45) is -6.37. The summed E-state index contributed by atoms with van der Waals surface area (Å²) in [5, 5.41) is 39.2. The molecule has 2 aromatic rings. The first-order chi connectivity index (χ1) is 12.4. The van der Waals surface area contributed by atoms with Crippen LogP contribution in [0.5, 0.6) is 0 Å². The number of aliphatic carboxylic acids is 1. The lowest BCUT2D eigenvalue weighted by Gasteiger charge is -2.39. The first-order valence-electron chi connectivity index (χ1n) is 8.02. The molecular formula is C17H19NO8. The molecule has 1 saturated heterocycles. The molecule has 140 valence electrons. The van der Waals surface area contributed by atoms with Crippen LogP contribution in [0.4, 0.5) is 0 Å². The molecule has 1 aromatic carbocycles. The lowest BCUT2D eigenvalue weighted by molar-refractivity contribution is -0.240. The first kappa shape index (κ1) is 18.3. The van der Waals surface area contributed by atoms with Gasteiger partial charge >= 0.3 is 11.9 Å². The molecule has 1 unspecified atom stereocenters. The molecule has 0 bridgehead atoms. The number of benzene rings is 1. The average Bonchev–Trinajstić information content (AvgIpc) is 3.02. The highest BCUT2D eigenvalue weighted by atomic mass is 16.6. The van der Waals surface area contributed by atoms with Crippen LogP contribution in [0.25, 0.3) is 10.9 Å². The smallest absolute Gasteiger partial charge is 0.336 e. The van der Waals surface area contributed by atoms with Crippen molar-refractivity contribution < 1.29 is 39.5 Å². The summed E-state index contributed by atoms with van der Waals surface area (Å²) >= 11 is 0. The number of aromatic nitrogens is 1. The van der Waals surface area contributed by atoms with Crippen molar-refractivity contribution in [3.8, 4) is 0 Å². The molecule has 0 aliphatic carbocycles. The lowest BCUT2D eigenvalue weighted by atomic mass is 9.95. The van der Waals surface area contributed by atoms with Gasteiger partial charge in [0.2, 0.25) is 0 Å². The van der Waals surface area contributed by atoms with Gasteiger partial charge < -0.3 is 34.9 Å². The Kier molecular flexibility index (Phi) is 5.23. The number of aromatic amines is 1. The summed E-state index contributed by atoms with van der Waals surface area (Å²) < 4.78 is 10.2. The normalized spacial score (nSPS) is 28.8. The summed E-state index contributed by atoms with van der Waals surface area (Å²) in [7, 11) is 0. The summed E-state index contributed by atoms with van der Waals surface area (Å²) in [6.45, 7) is -0.683. The maximum Gasteiger partial charge on any atom is 0.336 e. The van der Waals surface area contributed by atoms with Gasteiger partial charge in [-0.05, 0) is 11.6 Å². The molecule has 2 heterocycles. The maximum atomic E-state index is 12.3. The van der Waals surface area contributed by atoms with Crippen molar-refractivity contribution in [2.45, 2.75) is 36.9 Å². The minimum Gasteiger partial charge on any atom is -0.479 e. The molecule has 3 rings (SSSR count). The third kappa shape index (κ3) is 3.42. The second kappa shape index (κ2) is 7.42. The highest BCUT2D eigenvalue weighted by Crippen LogP contribution is 2.25. The molecule has 9 nitrogen and oxygen atoms in total. The zero-order valence-corrected chi connectivity index (χ0v) is 13.6. The van der Waals surface area contributed by atoms with E-state index in [-0.39, 0.29) is 6.42 Å². The molecule has 5 N–H and O–H groups in total. The molecule has 9 heteroatoms. The van der Waals surface area contributed by atoms with Crippen LogP contribution in [-0.2, 0) is 25.5 Å². The number of carbonyl (C=O) groups excluding carboxylic acids is 1. The molecular weight excluding hydrogens is 346 g/mol.